The number of hydrogen-bond acceptors (Lipinski definition) is 3. The van der Waals surface area contributed by atoms with Crippen molar-refractivity contribution in [2.24, 2.45) is 5.92 Å². The molecule has 0 saturated carbocycles. The lowest BCUT2D eigenvalue weighted by Crippen LogP contribution is -2.31. The summed E-state index contributed by atoms with van der Waals surface area (Å²) < 4.78 is 26.3. The minimum absolute atomic E-state index is 0.0579. The topological polar surface area (TPSA) is 75.3 Å². The Morgan fingerprint density at radius 2 is 2.00 bits per heavy atom. The fourth-order valence-corrected chi connectivity index (χ4v) is 2.94. The standard InChI is InChI=1S/C14H21ClN2O3S/c1-11(2)6-8-16-14(18)7-9-17-21(19,20)13-5-3-4-12(15)10-13/h3-5,10-11,17H,6-9H2,1-2H3,(H,16,18). The molecule has 1 amide bonds. The summed E-state index contributed by atoms with van der Waals surface area (Å²) in [6, 6.07) is 5.99. The van der Waals surface area contributed by atoms with Gasteiger partial charge in [0.1, 0.15) is 0 Å². The number of rotatable bonds is 8. The fourth-order valence-electron chi connectivity index (χ4n) is 1.61. The summed E-state index contributed by atoms with van der Waals surface area (Å²) in [6.45, 7) is 4.82. The zero-order valence-electron chi connectivity index (χ0n) is 12.2. The number of carbonyl (C=O) groups excluding carboxylic acids is 1. The molecule has 1 aromatic carbocycles. The maximum absolute atomic E-state index is 12.0. The molecular weight excluding hydrogens is 312 g/mol. The molecule has 0 spiro atoms. The van der Waals surface area contributed by atoms with E-state index in [-0.39, 0.29) is 23.8 Å². The van der Waals surface area contributed by atoms with Gasteiger partial charge in [-0.15, -0.1) is 0 Å². The van der Waals surface area contributed by atoms with Gasteiger partial charge in [-0.1, -0.05) is 31.5 Å². The van der Waals surface area contributed by atoms with Gasteiger partial charge < -0.3 is 5.32 Å². The van der Waals surface area contributed by atoms with Gasteiger partial charge in [-0.25, -0.2) is 13.1 Å². The van der Waals surface area contributed by atoms with E-state index < -0.39 is 10.0 Å². The first-order chi connectivity index (χ1) is 9.81. The molecule has 7 heteroatoms. The minimum Gasteiger partial charge on any atom is -0.356 e. The molecule has 0 bridgehead atoms. The Hall–Kier alpha value is -1.11. The van der Waals surface area contributed by atoms with E-state index in [9.17, 15) is 13.2 Å². The van der Waals surface area contributed by atoms with E-state index in [4.69, 9.17) is 11.6 Å². The largest absolute Gasteiger partial charge is 0.356 e. The normalized spacial score (nSPS) is 11.6. The average molecular weight is 333 g/mol. The van der Waals surface area contributed by atoms with Crippen molar-refractivity contribution in [2.75, 3.05) is 13.1 Å². The predicted molar refractivity (Wildman–Crippen MR) is 83.7 cm³/mol. The maximum atomic E-state index is 12.0. The van der Waals surface area contributed by atoms with Crippen molar-refractivity contribution in [3.05, 3.63) is 29.3 Å². The first kappa shape index (κ1) is 17.9. The Morgan fingerprint density at radius 1 is 1.29 bits per heavy atom. The monoisotopic (exact) mass is 332 g/mol. The van der Waals surface area contributed by atoms with Gasteiger partial charge >= 0.3 is 0 Å². The summed E-state index contributed by atoms with van der Waals surface area (Å²) in [6.07, 6.45) is 1.01. The summed E-state index contributed by atoms with van der Waals surface area (Å²) in [5, 5.41) is 3.11. The first-order valence-corrected chi connectivity index (χ1v) is 8.69. The maximum Gasteiger partial charge on any atom is 0.240 e. The summed E-state index contributed by atoms with van der Waals surface area (Å²) in [5.41, 5.74) is 0. The van der Waals surface area contributed by atoms with E-state index in [0.717, 1.165) is 6.42 Å². The van der Waals surface area contributed by atoms with Crippen LogP contribution in [0.4, 0.5) is 0 Å². The van der Waals surface area contributed by atoms with E-state index in [1.807, 2.05) is 0 Å². The van der Waals surface area contributed by atoms with Crippen LogP contribution >= 0.6 is 11.6 Å². The molecular formula is C14H21ClN2O3S. The third-order valence-electron chi connectivity index (χ3n) is 2.79. The van der Waals surface area contributed by atoms with Crippen LogP contribution in [-0.4, -0.2) is 27.4 Å². The molecule has 0 saturated heterocycles. The van der Waals surface area contributed by atoms with Crippen LogP contribution in [0.3, 0.4) is 0 Å². The molecule has 1 aromatic rings. The predicted octanol–water partition coefficient (Wildman–Crippen LogP) is 2.17. The molecule has 2 N–H and O–H groups in total. The quantitative estimate of drug-likeness (QED) is 0.766. The molecule has 0 fully saturated rings. The van der Waals surface area contributed by atoms with Crippen molar-refractivity contribution in [2.45, 2.75) is 31.6 Å². The van der Waals surface area contributed by atoms with Gasteiger partial charge in [0.05, 0.1) is 4.90 Å². The molecule has 0 aliphatic rings. The second-order valence-corrected chi connectivity index (χ2v) is 7.34. The van der Waals surface area contributed by atoms with E-state index in [0.29, 0.717) is 17.5 Å². The van der Waals surface area contributed by atoms with Crippen LogP contribution in [0.5, 0.6) is 0 Å². The average Bonchev–Trinajstić information content (AvgIpc) is 2.38. The van der Waals surface area contributed by atoms with E-state index in [2.05, 4.69) is 23.9 Å². The van der Waals surface area contributed by atoms with Crippen LogP contribution in [0.1, 0.15) is 26.7 Å². The van der Waals surface area contributed by atoms with E-state index >= 15 is 0 Å². The molecule has 21 heavy (non-hydrogen) atoms. The second kappa shape index (κ2) is 8.36. The molecule has 0 atom stereocenters. The lowest BCUT2D eigenvalue weighted by Gasteiger charge is -2.08. The van der Waals surface area contributed by atoms with Crippen LogP contribution in [0, 0.1) is 5.92 Å². The number of benzene rings is 1. The molecule has 0 radical (unpaired) electrons. The van der Waals surface area contributed by atoms with Gasteiger partial charge in [-0.2, -0.15) is 0 Å². The van der Waals surface area contributed by atoms with Crippen LogP contribution in [0.25, 0.3) is 0 Å². The minimum atomic E-state index is -3.63. The van der Waals surface area contributed by atoms with Crippen molar-refractivity contribution >= 4 is 27.5 Å². The zero-order valence-corrected chi connectivity index (χ0v) is 13.8. The highest BCUT2D eigenvalue weighted by Gasteiger charge is 2.14. The summed E-state index contributed by atoms with van der Waals surface area (Å²) in [4.78, 5) is 11.6. The van der Waals surface area contributed by atoms with Crippen molar-refractivity contribution in [1.82, 2.24) is 10.0 Å². The molecule has 118 valence electrons. The van der Waals surface area contributed by atoms with E-state index in [1.165, 1.54) is 12.1 Å². The molecule has 0 aromatic heterocycles. The Labute approximate surface area is 131 Å². The van der Waals surface area contributed by atoms with Gasteiger partial charge in [0.25, 0.3) is 0 Å². The third kappa shape index (κ3) is 6.93. The number of carbonyl (C=O) groups is 1. The zero-order chi connectivity index (χ0) is 15.9. The van der Waals surface area contributed by atoms with Crippen molar-refractivity contribution in [1.29, 1.82) is 0 Å². The lowest BCUT2D eigenvalue weighted by molar-refractivity contribution is -0.120. The molecule has 0 aliphatic heterocycles. The first-order valence-electron chi connectivity index (χ1n) is 6.83. The number of sulfonamides is 1. The fraction of sp³-hybridized carbons (Fsp3) is 0.500. The molecule has 0 aliphatic carbocycles. The van der Waals surface area contributed by atoms with Crippen LogP contribution < -0.4 is 10.0 Å². The molecule has 1 rings (SSSR count). The summed E-state index contributed by atoms with van der Waals surface area (Å²) in [5.74, 6) is 0.357. The van der Waals surface area contributed by atoms with Gasteiger partial charge in [0, 0.05) is 24.5 Å². The Bertz CT molecular complexity index is 573. The van der Waals surface area contributed by atoms with Crippen LogP contribution in [0.15, 0.2) is 29.2 Å². The molecule has 0 unspecified atom stereocenters. The number of amides is 1. The molecule has 0 heterocycles. The van der Waals surface area contributed by atoms with Gasteiger partial charge in [-0.3, -0.25) is 4.79 Å². The van der Waals surface area contributed by atoms with Crippen molar-refractivity contribution in [3.8, 4) is 0 Å². The number of hydrogen-bond donors (Lipinski definition) is 2. The number of nitrogens with one attached hydrogen (secondary N) is 2. The highest BCUT2D eigenvalue weighted by molar-refractivity contribution is 7.89. The van der Waals surface area contributed by atoms with Gasteiger partial charge in [0.2, 0.25) is 15.9 Å². The van der Waals surface area contributed by atoms with Crippen molar-refractivity contribution in [3.63, 3.8) is 0 Å². The van der Waals surface area contributed by atoms with Gasteiger partial charge in [-0.05, 0) is 30.5 Å². The van der Waals surface area contributed by atoms with E-state index in [1.54, 1.807) is 12.1 Å². The summed E-state index contributed by atoms with van der Waals surface area (Å²) in [7, 11) is -3.63. The smallest absolute Gasteiger partial charge is 0.240 e. The van der Waals surface area contributed by atoms with Crippen LogP contribution in [-0.2, 0) is 14.8 Å². The third-order valence-corrected chi connectivity index (χ3v) is 4.49. The highest BCUT2D eigenvalue weighted by Crippen LogP contribution is 2.14. The number of halogens is 1. The highest BCUT2D eigenvalue weighted by atomic mass is 35.5. The lowest BCUT2D eigenvalue weighted by atomic mass is 10.1. The Morgan fingerprint density at radius 3 is 2.62 bits per heavy atom. The van der Waals surface area contributed by atoms with Crippen LogP contribution in [0.2, 0.25) is 5.02 Å². The Balaban J connectivity index is 2.39. The molecule has 5 nitrogen and oxygen atoms in total. The van der Waals surface area contributed by atoms with Gasteiger partial charge in [0.15, 0.2) is 0 Å². The van der Waals surface area contributed by atoms with Crippen molar-refractivity contribution < 1.29 is 13.2 Å². The summed E-state index contributed by atoms with van der Waals surface area (Å²) >= 11 is 5.76. The Kier molecular flexibility index (Phi) is 7.14. The second-order valence-electron chi connectivity index (χ2n) is 5.14. The SMILES string of the molecule is CC(C)CCNC(=O)CCNS(=O)(=O)c1cccc(Cl)c1.